The molecule has 1 aromatic carbocycles. The first-order valence-corrected chi connectivity index (χ1v) is 6.88. The summed E-state index contributed by atoms with van der Waals surface area (Å²) < 4.78 is 11.5. The van der Waals surface area contributed by atoms with E-state index in [1.807, 2.05) is 12.1 Å². The lowest BCUT2D eigenvalue weighted by Gasteiger charge is -2.24. The van der Waals surface area contributed by atoms with Gasteiger partial charge in [-0.25, -0.2) is 0 Å². The Bertz CT molecular complexity index is 457. The third kappa shape index (κ3) is 2.53. The normalized spacial score (nSPS) is 19.7. The molecule has 0 bridgehead atoms. The molecule has 4 heteroatoms. The van der Waals surface area contributed by atoms with Crippen molar-refractivity contribution in [1.29, 1.82) is 0 Å². The molecule has 98 valence electrons. The van der Waals surface area contributed by atoms with Gasteiger partial charge in [-0.05, 0) is 46.3 Å². The van der Waals surface area contributed by atoms with Gasteiger partial charge in [0.2, 0.25) is 0 Å². The summed E-state index contributed by atoms with van der Waals surface area (Å²) in [4.78, 5) is 11.6. The van der Waals surface area contributed by atoms with E-state index in [1.165, 1.54) is 0 Å². The summed E-state index contributed by atoms with van der Waals surface area (Å²) in [6.07, 6.45) is 3.35. The Morgan fingerprint density at radius 3 is 2.67 bits per heavy atom. The molecule has 0 heterocycles. The molecule has 1 fully saturated rings. The Morgan fingerprint density at radius 2 is 2.06 bits per heavy atom. The number of rotatable bonds is 3. The van der Waals surface area contributed by atoms with E-state index >= 15 is 0 Å². The number of carbonyl (C=O) groups excluding carboxylic acids is 1. The Balaban J connectivity index is 2.38. The Morgan fingerprint density at radius 1 is 1.28 bits per heavy atom. The van der Waals surface area contributed by atoms with E-state index in [0.29, 0.717) is 12.2 Å². The molecule has 2 rings (SSSR count). The number of ketones is 1. The number of ether oxygens (including phenoxy) is 2. The van der Waals surface area contributed by atoms with Crippen molar-refractivity contribution < 1.29 is 14.3 Å². The Hall–Kier alpha value is -1.03. The predicted octanol–water partition coefficient (Wildman–Crippen LogP) is 3.69. The third-order valence-corrected chi connectivity index (χ3v) is 4.19. The maximum atomic E-state index is 11.6. The van der Waals surface area contributed by atoms with Crippen LogP contribution < -0.4 is 9.47 Å². The van der Waals surface area contributed by atoms with Gasteiger partial charge in [0.1, 0.15) is 21.8 Å². The van der Waals surface area contributed by atoms with Crippen LogP contribution in [0.2, 0.25) is 0 Å². The van der Waals surface area contributed by atoms with Crippen LogP contribution >= 0.6 is 15.9 Å². The standard InChI is InChI=1S/C14H17BrO3/c1-17-12-7-6-11(14(18-2)13(12)15)9-4-3-5-10(16)8-9/h6-7,9H,3-5,8H2,1-2H3. The molecule has 1 unspecified atom stereocenters. The SMILES string of the molecule is COc1ccc(C2CCCC(=O)C2)c(OC)c1Br. The summed E-state index contributed by atoms with van der Waals surface area (Å²) in [7, 11) is 3.27. The van der Waals surface area contributed by atoms with E-state index in [9.17, 15) is 4.79 Å². The zero-order valence-corrected chi connectivity index (χ0v) is 12.2. The van der Waals surface area contributed by atoms with Crippen molar-refractivity contribution in [2.75, 3.05) is 14.2 Å². The van der Waals surface area contributed by atoms with Gasteiger partial charge in [0.05, 0.1) is 14.2 Å². The number of hydrogen-bond donors (Lipinski definition) is 0. The van der Waals surface area contributed by atoms with Gasteiger partial charge in [0.15, 0.2) is 0 Å². The topological polar surface area (TPSA) is 35.5 Å². The van der Waals surface area contributed by atoms with Gasteiger partial charge in [-0.2, -0.15) is 0 Å². The van der Waals surface area contributed by atoms with Crippen molar-refractivity contribution in [2.24, 2.45) is 0 Å². The molecule has 3 nitrogen and oxygen atoms in total. The second kappa shape index (κ2) is 5.74. The number of methoxy groups -OCH3 is 2. The molecule has 1 aromatic rings. The van der Waals surface area contributed by atoms with Crippen molar-refractivity contribution in [1.82, 2.24) is 0 Å². The van der Waals surface area contributed by atoms with Gasteiger partial charge >= 0.3 is 0 Å². The lowest BCUT2D eigenvalue weighted by molar-refractivity contribution is -0.120. The average molecular weight is 313 g/mol. The molecule has 0 spiro atoms. The van der Waals surface area contributed by atoms with E-state index in [1.54, 1.807) is 14.2 Å². The molecular formula is C14H17BrO3. The number of hydrogen-bond acceptors (Lipinski definition) is 3. The first kappa shape index (κ1) is 13.4. The van der Waals surface area contributed by atoms with Gasteiger partial charge in [-0.1, -0.05) is 6.07 Å². The van der Waals surface area contributed by atoms with Gasteiger partial charge in [0.25, 0.3) is 0 Å². The quantitative estimate of drug-likeness (QED) is 0.854. The fourth-order valence-corrected chi connectivity index (χ4v) is 3.21. The van der Waals surface area contributed by atoms with Crippen molar-refractivity contribution >= 4 is 21.7 Å². The summed E-state index contributed by atoms with van der Waals surface area (Å²) in [5.41, 5.74) is 1.10. The van der Waals surface area contributed by atoms with Crippen molar-refractivity contribution in [3.63, 3.8) is 0 Å². The number of Topliss-reactive ketones (excluding diaryl/α,β-unsaturated/α-hetero) is 1. The molecule has 0 N–H and O–H groups in total. The second-order valence-electron chi connectivity index (χ2n) is 4.54. The van der Waals surface area contributed by atoms with Gasteiger partial charge in [-0.15, -0.1) is 0 Å². The minimum atomic E-state index is 0.267. The molecule has 1 atom stereocenters. The fourth-order valence-electron chi connectivity index (χ4n) is 2.53. The highest BCUT2D eigenvalue weighted by Gasteiger charge is 2.25. The predicted molar refractivity (Wildman–Crippen MR) is 73.5 cm³/mol. The minimum Gasteiger partial charge on any atom is -0.495 e. The summed E-state index contributed by atoms with van der Waals surface area (Å²) in [5.74, 6) is 2.15. The number of carbonyl (C=O) groups is 1. The maximum Gasteiger partial charge on any atom is 0.140 e. The van der Waals surface area contributed by atoms with Crippen LogP contribution in [-0.2, 0) is 4.79 Å². The molecule has 1 aliphatic carbocycles. The molecule has 18 heavy (non-hydrogen) atoms. The zero-order chi connectivity index (χ0) is 13.1. The van der Waals surface area contributed by atoms with Gasteiger partial charge < -0.3 is 9.47 Å². The van der Waals surface area contributed by atoms with Crippen LogP contribution in [0.3, 0.4) is 0 Å². The van der Waals surface area contributed by atoms with Crippen LogP contribution in [-0.4, -0.2) is 20.0 Å². The van der Waals surface area contributed by atoms with Crippen molar-refractivity contribution in [3.8, 4) is 11.5 Å². The van der Waals surface area contributed by atoms with Crippen LogP contribution in [0, 0.1) is 0 Å². The number of benzene rings is 1. The minimum absolute atomic E-state index is 0.267. The first-order valence-electron chi connectivity index (χ1n) is 6.09. The van der Waals surface area contributed by atoms with E-state index < -0.39 is 0 Å². The largest absolute Gasteiger partial charge is 0.495 e. The lowest BCUT2D eigenvalue weighted by Crippen LogP contribution is -2.14. The van der Waals surface area contributed by atoms with Gasteiger partial charge in [-0.3, -0.25) is 4.79 Å². The molecule has 0 aliphatic heterocycles. The molecule has 0 saturated heterocycles. The van der Waals surface area contributed by atoms with Crippen LogP contribution in [0.25, 0.3) is 0 Å². The maximum absolute atomic E-state index is 11.6. The highest BCUT2D eigenvalue weighted by molar-refractivity contribution is 9.10. The second-order valence-corrected chi connectivity index (χ2v) is 5.33. The summed E-state index contributed by atoms with van der Waals surface area (Å²) in [5, 5.41) is 0. The molecule has 0 aromatic heterocycles. The lowest BCUT2D eigenvalue weighted by atomic mass is 9.83. The van der Waals surface area contributed by atoms with Crippen LogP contribution in [0.1, 0.15) is 37.2 Å². The smallest absolute Gasteiger partial charge is 0.140 e. The summed E-state index contributed by atoms with van der Waals surface area (Å²) in [6, 6.07) is 3.92. The third-order valence-electron chi connectivity index (χ3n) is 3.44. The van der Waals surface area contributed by atoms with Crippen LogP contribution in [0.4, 0.5) is 0 Å². The van der Waals surface area contributed by atoms with E-state index in [-0.39, 0.29) is 5.92 Å². The molecule has 1 saturated carbocycles. The Labute approximate surface area is 116 Å². The van der Waals surface area contributed by atoms with Crippen LogP contribution in [0.5, 0.6) is 11.5 Å². The van der Waals surface area contributed by atoms with E-state index in [2.05, 4.69) is 15.9 Å². The summed E-state index contributed by atoms with van der Waals surface area (Å²) >= 11 is 3.50. The highest BCUT2D eigenvalue weighted by atomic mass is 79.9. The van der Waals surface area contributed by atoms with Crippen molar-refractivity contribution in [3.05, 3.63) is 22.2 Å². The fraction of sp³-hybridized carbons (Fsp3) is 0.500. The molecule has 0 amide bonds. The van der Waals surface area contributed by atoms with Crippen LogP contribution in [0.15, 0.2) is 16.6 Å². The zero-order valence-electron chi connectivity index (χ0n) is 10.7. The Kier molecular flexibility index (Phi) is 4.27. The van der Waals surface area contributed by atoms with E-state index in [4.69, 9.17) is 9.47 Å². The molecule has 1 aliphatic rings. The van der Waals surface area contributed by atoms with Gasteiger partial charge in [0, 0.05) is 12.8 Å². The average Bonchev–Trinajstić information content (AvgIpc) is 2.38. The van der Waals surface area contributed by atoms with E-state index in [0.717, 1.165) is 40.8 Å². The monoisotopic (exact) mass is 312 g/mol. The highest BCUT2D eigenvalue weighted by Crippen LogP contribution is 2.43. The first-order chi connectivity index (χ1) is 8.67. The number of halogens is 1. The van der Waals surface area contributed by atoms with Crippen molar-refractivity contribution in [2.45, 2.75) is 31.6 Å². The summed E-state index contributed by atoms with van der Waals surface area (Å²) in [6.45, 7) is 0. The molecule has 0 radical (unpaired) electrons. The molecular weight excluding hydrogens is 296 g/mol.